The fourth-order valence-corrected chi connectivity index (χ4v) is 3.58. The van der Waals surface area contributed by atoms with Crippen LogP contribution in [0.2, 0.25) is 0 Å². The summed E-state index contributed by atoms with van der Waals surface area (Å²) in [6.07, 6.45) is 0. The number of aliphatic hydroxyl groups excluding tert-OH is 1. The Kier molecular flexibility index (Phi) is 4.22. The summed E-state index contributed by atoms with van der Waals surface area (Å²) in [5.41, 5.74) is 5.58. The third-order valence-corrected chi connectivity index (χ3v) is 5.19. The maximum atomic E-state index is 9.55. The van der Waals surface area contributed by atoms with Crippen molar-refractivity contribution in [2.75, 3.05) is 24.6 Å². The fraction of sp³-hybridized carbons (Fsp3) is 0.348. The summed E-state index contributed by atoms with van der Waals surface area (Å²) >= 11 is 0. The summed E-state index contributed by atoms with van der Waals surface area (Å²) < 4.78 is 5.80. The van der Waals surface area contributed by atoms with Gasteiger partial charge in [0.1, 0.15) is 6.61 Å². The van der Waals surface area contributed by atoms with E-state index in [-0.39, 0.29) is 17.2 Å². The van der Waals surface area contributed by atoms with Crippen LogP contribution in [0.25, 0.3) is 11.1 Å². The lowest BCUT2D eigenvalue weighted by atomic mass is 9.95. The van der Waals surface area contributed by atoms with Crippen LogP contribution in [0.3, 0.4) is 0 Å². The lowest BCUT2D eigenvalue weighted by Gasteiger charge is -2.40. The van der Waals surface area contributed by atoms with E-state index in [1.54, 1.807) is 0 Å². The fourth-order valence-electron chi connectivity index (χ4n) is 3.58. The molecule has 0 radical (unpaired) electrons. The van der Waals surface area contributed by atoms with E-state index in [1.807, 2.05) is 6.07 Å². The molecule has 4 nitrogen and oxygen atoms in total. The highest BCUT2D eigenvalue weighted by Crippen LogP contribution is 2.33. The molecule has 0 aromatic heterocycles. The molecule has 1 saturated heterocycles. The summed E-state index contributed by atoms with van der Waals surface area (Å²) in [7, 11) is 0. The maximum Gasteiger partial charge on any atom is 0.216 e. The minimum Gasteiger partial charge on any atom is -0.513 e. The number of hydrogen-bond acceptors (Lipinski definition) is 4. The third-order valence-electron chi connectivity index (χ3n) is 5.19. The number of anilines is 1. The first-order valence-electron chi connectivity index (χ1n) is 9.39. The van der Waals surface area contributed by atoms with E-state index in [0.717, 1.165) is 30.1 Å². The van der Waals surface area contributed by atoms with Crippen LogP contribution in [0.4, 0.5) is 5.69 Å². The van der Waals surface area contributed by atoms with Crippen molar-refractivity contribution < 1.29 is 9.84 Å². The van der Waals surface area contributed by atoms with Crippen LogP contribution in [0.15, 0.2) is 59.8 Å². The van der Waals surface area contributed by atoms with Gasteiger partial charge in [0.2, 0.25) is 5.90 Å². The number of rotatable bonds is 4. The predicted molar refractivity (Wildman–Crippen MR) is 111 cm³/mol. The van der Waals surface area contributed by atoms with Crippen LogP contribution in [0.5, 0.6) is 0 Å². The number of aryl methyl sites for hydroxylation is 1. The smallest absolute Gasteiger partial charge is 0.216 e. The lowest BCUT2D eigenvalue weighted by molar-refractivity contribution is 0.279. The molecule has 0 bridgehead atoms. The predicted octanol–water partition coefficient (Wildman–Crippen LogP) is 4.73. The van der Waals surface area contributed by atoms with E-state index in [9.17, 15) is 5.11 Å². The van der Waals surface area contributed by atoms with Crippen LogP contribution in [0, 0.1) is 12.8 Å². The molecule has 2 heterocycles. The molecule has 0 amide bonds. The van der Waals surface area contributed by atoms with Crippen LogP contribution in [-0.4, -0.2) is 36.2 Å². The molecule has 2 aromatic rings. The molecule has 2 aliphatic heterocycles. The second-order valence-corrected chi connectivity index (χ2v) is 8.25. The largest absolute Gasteiger partial charge is 0.513 e. The number of ether oxygens (including phenoxy) is 1. The van der Waals surface area contributed by atoms with Crippen molar-refractivity contribution in [3.8, 4) is 11.1 Å². The molecule has 27 heavy (non-hydrogen) atoms. The van der Waals surface area contributed by atoms with Crippen molar-refractivity contribution >= 4 is 11.6 Å². The maximum absolute atomic E-state index is 9.55. The monoisotopic (exact) mass is 362 g/mol. The number of aliphatic hydroxyl groups is 1. The van der Waals surface area contributed by atoms with Gasteiger partial charge in [0.15, 0.2) is 0 Å². The average molecular weight is 362 g/mol. The molecule has 4 heteroatoms. The highest BCUT2D eigenvalue weighted by molar-refractivity contribution is 5.96. The zero-order chi connectivity index (χ0) is 19.2. The standard InChI is InChI=1S/C23H26N2O2/c1-15-8-19(11-21(9-15)25-12-20(13-25)16(2)26)17-6-5-7-18(10-17)22-24-23(3,4)14-27-22/h5-11,20,26H,2,12-14H2,1,3-4H3. The van der Waals surface area contributed by atoms with Gasteiger partial charge in [-0.05, 0) is 61.7 Å². The van der Waals surface area contributed by atoms with E-state index in [2.05, 4.69) is 68.6 Å². The molecule has 140 valence electrons. The van der Waals surface area contributed by atoms with Crippen LogP contribution in [-0.2, 0) is 4.74 Å². The summed E-state index contributed by atoms with van der Waals surface area (Å²) in [5, 5.41) is 9.55. The van der Waals surface area contributed by atoms with Gasteiger partial charge in [-0.3, -0.25) is 0 Å². The van der Waals surface area contributed by atoms with Gasteiger partial charge in [-0.25, -0.2) is 4.99 Å². The number of aliphatic imine (C=N–C) groups is 1. The molecule has 2 aromatic carbocycles. The zero-order valence-corrected chi connectivity index (χ0v) is 16.2. The number of benzene rings is 2. The molecule has 4 rings (SSSR count). The van der Waals surface area contributed by atoms with Gasteiger partial charge >= 0.3 is 0 Å². The molecule has 0 aliphatic carbocycles. The van der Waals surface area contributed by atoms with Crippen LogP contribution >= 0.6 is 0 Å². The molecule has 2 aliphatic rings. The lowest BCUT2D eigenvalue weighted by Crippen LogP contribution is -2.47. The SMILES string of the molecule is C=C(O)C1CN(c2cc(C)cc(-c3cccc(C4=NC(C)(C)CO4)c3)c2)C1. The molecule has 0 spiro atoms. The van der Waals surface area contributed by atoms with Gasteiger partial charge in [-0.1, -0.05) is 24.8 Å². The van der Waals surface area contributed by atoms with Crippen LogP contribution in [0.1, 0.15) is 25.0 Å². The first-order chi connectivity index (χ1) is 12.8. The number of hydrogen-bond donors (Lipinski definition) is 1. The second-order valence-electron chi connectivity index (χ2n) is 8.25. The van der Waals surface area contributed by atoms with E-state index >= 15 is 0 Å². The zero-order valence-electron chi connectivity index (χ0n) is 16.2. The third kappa shape index (κ3) is 3.57. The Balaban J connectivity index is 1.63. The Morgan fingerprint density at radius 3 is 2.56 bits per heavy atom. The van der Waals surface area contributed by atoms with Crippen molar-refractivity contribution in [3.05, 3.63) is 65.9 Å². The molecule has 1 N–H and O–H groups in total. The van der Waals surface area contributed by atoms with E-state index in [1.165, 1.54) is 16.8 Å². The molecule has 0 saturated carbocycles. The Hall–Kier alpha value is -2.75. The van der Waals surface area contributed by atoms with Gasteiger partial charge in [-0.2, -0.15) is 0 Å². The molecular weight excluding hydrogens is 336 g/mol. The van der Waals surface area contributed by atoms with Crippen molar-refractivity contribution in [1.82, 2.24) is 0 Å². The number of nitrogens with zero attached hydrogens (tertiary/aromatic N) is 2. The minimum atomic E-state index is -0.160. The normalized spacial score (nSPS) is 18.6. The Morgan fingerprint density at radius 2 is 1.89 bits per heavy atom. The topological polar surface area (TPSA) is 45.1 Å². The van der Waals surface area contributed by atoms with Crippen molar-refractivity contribution in [2.45, 2.75) is 26.3 Å². The van der Waals surface area contributed by atoms with Gasteiger partial charge in [-0.15, -0.1) is 0 Å². The minimum absolute atomic E-state index is 0.160. The van der Waals surface area contributed by atoms with Crippen molar-refractivity contribution in [3.63, 3.8) is 0 Å². The molecule has 0 atom stereocenters. The summed E-state index contributed by atoms with van der Waals surface area (Å²) in [6, 6.07) is 15.0. The molecular formula is C23H26N2O2. The van der Waals surface area contributed by atoms with Gasteiger partial charge in [0.25, 0.3) is 0 Å². The van der Waals surface area contributed by atoms with E-state index in [0.29, 0.717) is 6.61 Å². The summed E-state index contributed by atoms with van der Waals surface area (Å²) in [6.45, 7) is 12.2. The van der Waals surface area contributed by atoms with E-state index < -0.39 is 0 Å². The van der Waals surface area contributed by atoms with Gasteiger partial charge in [0, 0.05) is 24.3 Å². The molecule has 1 fully saturated rings. The second kappa shape index (κ2) is 6.45. The average Bonchev–Trinajstić information content (AvgIpc) is 2.93. The quantitative estimate of drug-likeness (QED) is 0.800. The van der Waals surface area contributed by atoms with Gasteiger partial charge < -0.3 is 14.7 Å². The first kappa shape index (κ1) is 17.7. The first-order valence-corrected chi connectivity index (χ1v) is 9.39. The Morgan fingerprint density at radius 1 is 1.15 bits per heavy atom. The highest BCUT2D eigenvalue weighted by Gasteiger charge is 2.29. The van der Waals surface area contributed by atoms with Gasteiger partial charge in [0.05, 0.1) is 17.2 Å². The van der Waals surface area contributed by atoms with Crippen molar-refractivity contribution in [2.24, 2.45) is 10.9 Å². The van der Waals surface area contributed by atoms with Crippen molar-refractivity contribution in [1.29, 1.82) is 0 Å². The van der Waals surface area contributed by atoms with E-state index in [4.69, 9.17) is 9.73 Å². The Bertz CT molecular complexity index is 924. The summed E-state index contributed by atoms with van der Waals surface area (Å²) in [5.74, 6) is 1.19. The highest BCUT2D eigenvalue weighted by atomic mass is 16.5. The Labute approximate surface area is 160 Å². The van der Waals surface area contributed by atoms with Crippen LogP contribution < -0.4 is 4.90 Å². The molecule has 0 unspecified atom stereocenters. The summed E-state index contributed by atoms with van der Waals surface area (Å²) in [4.78, 5) is 6.97.